The molecule has 4 fully saturated rings. The quantitative estimate of drug-likeness (QED) is 0.220. The summed E-state index contributed by atoms with van der Waals surface area (Å²) in [6, 6.07) is 12.3. The van der Waals surface area contributed by atoms with Gasteiger partial charge in [0.05, 0.1) is 49.1 Å². The number of hydrogen-bond donors (Lipinski definition) is 2. The zero-order valence-electron chi connectivity index (χ0n) is 39.0. The van der Waals surface area contributed by atoms with Crippen LogP contribution >= 0.6 is 15.9 Å². The second kappa shape index (κ2) is 21.8. The van der Waals surface area contributed by atoms with Gasteiger partial charge in [-0.05, 0) is 121 Å². The number of carbonyl (C=O) groups is 1. The van der Waals surface area contributed by atoms with Gasteiger partial charge < -0.3 is 29.1 Å². The Morgan fingerprint density at radius 1 is 0.896 bits per heavy atom. The third kappa shape index (κ3) is 12.6. The molecule has 0 bridgehead atoms. The summed E-state index contributed by atoms with van der Waals surface area (Å²) in [5.74, 6) is 1.04. The van der Waals surface area contributed by atoms with Gasteiger partial charge in [-0.1, -0.05) is 40.2 Å². The number of likely N-dealkylation sites (tertiary alicyclic amines) is 1. The predicted octanol–water partition coefficient (Wildman–Crippen LogP) is 3.87. The summed E-state index contributed by atoms with van der Waals surface area (Å²) in [6.07, 6.45) is 13.4. The van der Waals surface area contributed by atoms with Crippen LogP contribution in [0.5, 0.6) is 11.8 Å². The molecule has 2 saturated carbocycles. The summed E-state index contributed by atoms with van der Waals surface area (Å²) in [5.41, 5.74) is 8.23. The maximum atomic E-state index is 12.6. The number of aliphatic imine (C=N–C) groups is 1. The summed E-state index contributed by atoms with van der Waals surface area (Å²) in [7, 11) is -2.34. The zero-order valence-corrected chi connectivity index (χ0v) is 43.7. The number of halogens is 4. The monoisotopic (exact) mass is 1010 g/mol. The molecule has 2 aliphatic carbocycles. The van der Waals surface area contributed by atoms with Crippen LogP contribution in [0, 0.1) is 10.8 Å². The molecular weight excluding hydrogens is 953 g/mol. The number of rotatable bonds is 8. The van der Waals surface area contributed by atoms with Crippen LogP contribution < -0.4 is 70.9 Å². The van der Waals surface area contributed by atoms with Gasteiger partial charge in [0.2, 0.25) is 11.8 Å². The molecule has 67 heavy (non-hydrogen) atoms. The fourth-order valence-electron chi connectivity index (χ4n) is 8.42. The molecule has 6 heterocycles. The number of allylic oxidation sites excluding steroid dienone is 2. The molecule has 19 heteroatoms. The van der Waals surface area contributed by atoms with E-state index in [0.717, 1.165) is 75.8 Å². The van der Waals surface area contributed by atoms with E-state index in [0.29, 0.717) is 48.2 Å². The SMILES string of the molecule is C=C(C)B(F)F.C=C(C)c1ccc2[nH]nc(-c3cncc(O[C@H]4CNCCC45CC5)n3)c2c1.CC(C)(C)OC(=O)N1CCC2(CC2)[C@@H](Oc2cncc(C3=NCc4ccc(Br)cc43)n2)C1.[F-].[K+]. The van der Waals surface area contributed by atoms with E-state index in [4.69, 9.17) is 24.2 Å². The van der Waals surface area contributed by atoms with Gasteiger partial charge in [-0.25, -0.2) is 14.8 Å². The van der Waals surface area contributed by atoms with Crippen LogP contribution in [0.4, 0.5) is 13.4 Å². The third-order valence-electron chi connectivity index (χ3n) is 12.6. The Hall–Kier alpha value is -3.98. The Morgan fingerprint density at radius 3 is 2.18 bits per heavy atom. The summed E-state index contributed by atoms with van der Waals surface area (Å²) in [4.78, 5) is 37.2. The minimum Gasteiger partial charge on any atom is -1.00 e. The average molecular weight is 1010 g/mol. The van der Waals surface area contributed by atoms with Crippen molar-refractivity contribution < 1.29 is 83.7 Å². The van der Waals surface area contributed by atoms with E-state index < -0.39 is 12.9 Å². The molecule has 2 N–H and O–H groups in total. The maximum absolute atomic E-state index is 12.6. The number of nitrogens with zero attached hydrogens (tertiary/aromatic N) is 7. The molecule has 0 radical (unpaired) electrons. The molecular formula is C48H55BBrF3KN9O4. The first-order valence-corrected chi connectivity index (χ1v) is 22.9. The molecule has 2 aromatic carbocycles. The minimum atomic E-state index is -2.34. The molecule has 5 aromatic rings. The van der Waals surface area contributed by atoms with Gasteiger partial charge in [-0.2, -0.15) is 5.10 Å². The maximum Gasteiger partial charge on any atom is 1.00 e. The van der Waals surface area contributed by atoms with E-state index in [1.54, 1.807) is 29.7 Å². The molecule has 3 aromatic heterocycles. The molecule has 2 saturated heterocycles. The van der Waals surface area contributed by atoms with Gasteiger partial charge in [0.25, 0.3) is 0 Å². The van der Waals surface area contributed by atoms with Crippen molar-refractivity contribution in [2.24, 2.45) is 15.8 Å². The second-order valence-electron chi connectivity index (χ2n) is 18.8. The number of piperidine rings is 2. The van der Waals surface area contributed by atoms with Crippen LogP contribution in [0.25, 0.3) is 27.9 Å². The van der Waals surface area contributed by atoms with Crippen LogP contribution in [-0.2, 0) is 11.3 Å². The summed E-state index contributed by atoms with van der Waals surface area (Å²) >= 11 is 3.54. The van der Waals surface area contributed by atoms with Gasteiger partial charge in [0, 0.05) is 39.3 Å². The van der Waals surface area contributed by atoms with Crippen LogP contribution in [0.15, 0.2) is 89.3 Å². The first kappa shape index (κ1) is 52.4. The van der Waals surface area contributed by atoms with Crippen molar-refractivity contribution >= 4 is 51.5 Å². The summed E-state index contributed by atoms with van der Waals surface area (Å²) in [5, 5.41) is 12.0. The molecule has 3 aliphatic heterocycles. The summed E-state index contributed by atoms with van der Waals surface area (Å²) in [6.45, 7) is 19.8. The van der Waals surface area contributed by atoms with Crippen LogP contribution in [-0.4, -0.2) is 98.1 Å². The van der Waals surface area contributed by atoms with E-state index in [1.165, 1.54) is 31.7 Å². The zero-order chi connectivity index (χ0) is 46.1. The van der Waals surface area contributed by atoms with Gasteiger partial charge in [0.15, 0.2) is 0 Å². The van der Waals surface area contributed by atoms with E-state index >= 15 is 0 Å². The smallest absolute Gasteiger partial charge is 1.00 e. The first-order valence-electron chi connectivity index (χ1n) is 22.1. The van der Waals surface area contributed by atoms with Crippen molar-refractivity contribution in [2.45, 2.75) is 97.5 Å². The number of aromatic amines is 1. The Labute approximate surface area is 440 Å². The van der Waals surface area contributed by atoms with E-state index in [1.807, 2.05) is 45.9 Å². The average Bonchev–Trinajstić information content (AvgIpc) is 4.14. The number of fused-ring (bicyclic) bond motifs is 2. The Bertz CT molecular complexity index is 2640. The number of aromatic nitrogens is 6. The third-order valence-corrected chi connectivity index (χ3v) is 13.1. The number of benzene rings is 2. The molecule has 2 spiro atoms. The van der Waals surface area contributed by atoms with Crippen molar-refractivity contribution in [1.29, 1.82) is 0 Å². The van der Waals surface area contributed by atoms with Crippen molar-refractivity contribution in [3.63, 3.8) is 0 Å². The predicted molar refractivity (Wildman–Crippen MR) is 252 cm³/mol. The topological polar surface area (TPSA) is 153 Å². The number of hydrogen-bond acceptors (Lipinski definition) is 11. The molecule has 10 rings (SSSR count). The summed E-state index contributed by atoms with van der Waals surface area (Å²) < 4.78 is 41.3. The normalized spacial score (nSPS) is 19.2. The Balaban J connectivity index is 0.000000194. The Kier molecular flexibility index (Phi) is 17.0. The molecule has 0 unspecified atom stereocenters. The fraction of sp³-hybridized carbons (Fsp3) is 0.438. The number of ether oxygens (including phenoxy) is 3. The minimum absolute atomic E-state index is 0. The largest absolute Gasteiger partial charge is 1.00 e. The first-order chi connectivity index (χ1) is 31.0. The molecule has 5 aliphatic rings. The van der Waals surface area contributed by atoms with Crippen LogP contribution in [0.1, 0.15) is 95.5 Å². The number of H-pyrrole nitrogens is 1. The molecule has 13 nitrogen and oxygen atoms in total. The van der Waals surface area contributed by atoms with Gasteiger partial charge in [-0.15, -0.1) is 6.58 Å². The molecule has 2 atom stereocenters. The van der Waals surface area contributed by atoms with Gasteiger partial charge in [0.1, 0.15) is 34.9 Å². The van der Waals surface area contributed by atoms with Crippen molar-refractivity contribution in [3.05, 3.63) is 107 Å². The van der Waals surface area contributed by atoms with Crippen LogP contribution in [0.3, 0.4) is 0 Å². The molecule has 348 valence electrons. The van der Waals surface area contributed by atoms with E-state index in [-0.39, 0.29) is 85.3 Å². The van der Waals surface area contributed by atoms with Crippen molar-refractivity contribution in [3.8, 4) is 23.1 Å². The van der Waals surface area contributed by atoms with Crippen molar-refractivity contribution in [2.75, 3.05) is 26.2 Å². The second-order valence-corrected chi connectivity index (χ2v) is 19.7. The Morgan fingerprint density at radius 2 is 1.54 bits per heavy atom. The van der Waals surface area contributed by atoms with Crippen LogP contribution in [0.2, 0.25) is 0 Å². The van der Waals surface area contributed by atoms with E-state index in [9.17, 15) is 13.4 Å². The fourth-order valence-corrected chi connectivity index (χ4v) is 8.78. The van der Waals surface area contributed by atoms with Crippen molar-refractivity contribution in [1.82, 2.24) is 40.3 Å². The number of amides is 1. The number of carbonyl (C=O) groups excluding carboxylic acids is 1. The molecule has 1 amide bonds. The standard InChI is InChI=1S/C24H27BrN4O3.C21H23N5O.C3H5BF2.FH.K/c1-23(2,3)32-22(30)29-9-8-24(6-7-24)19(14-29)31-20-13-26-12-18(28-20)21-17-10-16(25)5-4-15(17)11-27-21;1-13(2)14-3-4-16-15(9-14)20(26-25-16)17-10-23-12-19(24-17)27-18-11-22-8-7-21(18)5-6-21;1-3(2)4(5)6;;/h4-5,10,12-13,19H,6-9,11,14H2,1-3H3;3-4,9-10,12,18,22H,1,5-8,11H2,2H3,(H,25,26);1H2,2H3;1H;/q;;;;+1/p-1/t19-;18-;;;/m00.../s1. The van der Waals surface area contributed by atoms with Gasteiger partial charge >= 0.3 is 64.7 Å². The number of nitrogens with one attached hydrogen (secondary N) is 2. The van der Waals surface area contributed by atoms with E-state index in [2.05, 4.69) is 77.8 Å². The van der Waals surface area contributed by atoms with Gasteiger partial charge in [-0.3, -0.25) is 28.7 Å².